The summed E-state index contributed by atoms with van der Waals surface area (Å²) in [5, 5.41) is 20.1. The van der Waals surface area contributed by atoms with Crippen LogP contribution in [0.25, 0.3) is 10.7 Å². The van der Waals surface area contributed by atoms with E-state index in [0.29, 0.717) is 18.8 Å². The fraction of sp³-hybridized carbons (Fsp3) is 0.400. The van der Waals surface area contributed by atoms with Gasteiger partial charge in [-0.15, -0.1) is 16.4 Å². The average molecular weight is 331 g/mol. The molecule has 0 unspecified atom stereocenters. The fourth-order valence-electron chi connectivity index (χ4n) is 1.48. The first-order valence-electron chi connectivity index (χ1n) is 5.32. The Labute approximate surface area is 116 Å². The van der Waals surface area contributed by atoms with Gasteiger partial charge in [0.2, 0.25) is 0 Å². The van der Waals surface area contributed by atoms with Gasteiger partial charge >= 0.3 is 5.97 Å². The predicted octanol–water partition coefficient (Wildman–Crippen LogP) is 2.34. The van der Waals surface area contributed by atoms with Gasteiger partial charge in [-0.05, 0) is 51.3 Å². The Morgan fingerprint density at radius 2 is 2.39 bits per heavy atom. The second kappa shape index (κ2) is 5.57. The Hall–Kier alpha value is -1.28. The number of aliphatic carboxylic acids is 1. The first kappa shape index (κ1) is 13.2. The van der Waals surface area contributed by atoms with Crippen molar-refractivity contribution in [3.63, 3.8) is 0 Å². The molecule has 0 aliphatic heterocycles. The minimum absolute atomic E-state index is 0.118. The smallest absolute Gasteiger partial charge is 0.303 e. The summed E-state index contributed by atoms with van der Waals surface area (Å²) in [5.74, 6) is -0.126. The molecule has 0 aliphatic carbocycles. The highest BCUT2D eigenvalue weighted by molar-refractivity contribution is 9.11. The number of aromatic nitrogens is 4. The van der Waals surface area contributed by atoms with E-state index in [0.717, 1.165) is 14.2 Å². The normalized spacial score (nSPS) is 10.8. The number of aryl methyl sites for hydroxylation is 2. The van der Waals surface area contributed by atoms with E-state index in [4.69, 9.17) is 5.11 Å². The molecule has 0 radical (unpaired) electrons. The van der Waals surface area contributed by atoms with E-state index in [-0.39, 0.29) is 6.42 Å². The largest absolute Gasteiger partial charge is 0.481 e. The van der Waals surface area contributed by atoms with E-state index in [9.17, 15) is 4.79 Å². The molecule has 0 bridgehead atoms. The number of thiophene rings is 1. The first-order valence-corrected chi connectivity index (χ1v) is 6.93. The van der Waals surface area contributed by atoms with Crippen molar-refractivity contribution in [2.24, 2.45) is 0 Å². The van der Waals surface area contributed by atoms with Crippen molar-refractivity contribution < 1.29 is 9.90 Å². The molecule has 0 saturated carbocycles. The van der Waals surface area contributed by atoms with Crippen molar-refractivity contribution in [1.29, 1.82) is 0 Å². The minimum atomic E-state index is -0.806. The highest BCUT2D eigenvalue weighted by Crippen LogP contribution is 2.33. The zero-order valence-corrected chi connectivity index (χ0v) is 12.0. The number of hydrogen-bond acceptors (Lipinski definition) is 5. The summed E-state index contributed by atoms with van der Waals surface area (Å²) in [4.78, 5) is 11.4. The van der Waals surface area contributed by atoms with Crippen molar-refractivity contribution in [2.45, 2.75) is 26.3 Å². The summed E-state index contributed by atoms with van der Waals surface area (Å²) in [6.45, 7) is 2.51. The van der Waals surface area contributed by atoms with Crippen molar-refractivity contribution in [1.82, 2.24) is 20.2 Å². The lowest BCUT2D eigenvalue weighted by Crippen LogP contribution is -2.05. The second-order valence-electron chi connectivity index (χ2n) is 3.79. The van der Waals surface area contributed by atoms with E-state index in [1.54, 1.807) is 16.0 Å². The number of carboxylic acid groups (broad SMARTS) is 1. The van der Waals surface area contributed by atoms with Crippen LogP contribution in [-0.4, -0.2) is 31.3 Å². The highest BCUT2D eigenvalue weighted by Gasteiger charge is 2.13. The van der Waals surface area contributed by atoms with Gasteiger partial charge in [0.25, 0.3) is 0 Å². The van der Waals surface area contributed by atoms with Gasteiger partial charge in [-0.3, -0.25) is 4.79 Å². The molecule has 0 aliphatic rings. The van der Waals surface area contributed by atoms with E-state index in [1.807, 2.05) is 13.0 Å². The van der Waals surface area contributed by atoms with Crippen molar-refractivity contribution >= 4 is 33.2 Å². The molecule has 0 atom stereocenters. The van der Waals surface area contributed by atoms with Crippen molar-refractivity contribution in [3.8, 4) is 10.7 Å². The van der Waals surface area contributed by atoms with Gasteiger partial charge in [-0.25, -0.2) is 4.68 Å². The lowest BCUT2D eigenvalue weighted by Gasteiger charge is -2.01. The van der Waals surface area contributed by atoms with E-state index in [1.165, 1.54) is 0 Å². The van der Waals surface area contributed by atoms with Crippen LogP contribution in [0.1, 0.15) is 18.4 Å². The number of tetrazole rings is 1. The molecule has 0 fully saturated rings. The van der Waals surface area contributed by atoms with Gasteiger partial charge < -0.3 is 5.11 Å². The maximum absolute atomic E-state index is 10.5. The van der Waals surface area contributed by atoms with Crippen LogP contribution < -0.4 is 0 Å². The number of rotatable bonds is 5. The van der Waals surface area contributed by atoms with Crippen LogP contribution in [0.3, 0.4) is 0 Å². The summed E-state index contributed by atoms with van der Waals surface area (Å²) >= 11 is 5.02. The van der Waals surface area contributed by atoms with E-state index in [2.05, 4.69) is 31.5 Å². The van der Waals surface area contributed by atoms with Gasteiger partial charge in [0, 0.05) is 13.0 Å². The number of nitrogens with zero attached hydrogens (tertiary/aromatic N) is 4. The lowest BCUT2D eigenvalue weighted by molar-refractivity contribution is -0.137. The molecule has 0 amide bonds. The summed E-state index contributed by atoms with van der Waals surface area (Å²) < 4.78 is 2.69. The third kappa shape index (κ3) is 2.94. The molecule has 0 spiro atoms. The standard InChI is InChI=1S/C10H11BrN4O2S/c1-6-5-7(18-9(6)11)10-12-13-14-15(10)4-2-3-8(16)17/h5H,2-4H2,1H3,(H,16,17). The van der Waals surface area contributed by atoms with Crippen LogP contribution in [0.15, 0.2) is 9.85 Å². The molecule has 2 aromatic heterocycles. The Bertz CT molecular complexity index is 546. The minimum Gasteiger partial charge on any atom is -0.481 e. The Kier molecular flexibility index (Phi) is 4.07. The monoisotopic (exact) mass is 330 g/mol. The molecule has 0 aromatic carbocycles. The average Bonchev–Trinajstić information content (AvgIpc) is 2.86. The maximum Gasteiger partial charge on any atom is 0.303 e. The molecule has 96 valence electrons. The summed E-state index contributed by atoms with van der Waals surface area (Å²) in [6, 6.07) is 2.01. The van der Waals surface area contributed by atoms with Crippen LogP contribution in [0.2, 0.25) is 0 Å². The summed E-state index contributed by atoms with van der Waals surface area (Å²) in [7, 11) is 0. The molecule has 1 N–H and O–H groups in total. The molecule has 2 aromatic rings. The molecule has 0 saturated heterocycles. The maximum atomic E-state index is 10.5. The van der Waals surface area contributed by atoms with E-state index < -0.39 is 5.97 Å². The predicted molar refractivity (Wildman–Crippen MR) is 70.4 cm³/mol. The third-order valence-electron chi connectivity index (χ3n) is 2.37. The number of carboxylic acids is 1. The van der Waals surface area contributed by atoms with Gasteiger partial charge in [-0.2, -0.15) is 0 Å². The summed E-state index contributed by atoms with van der Waals surface area (Å²) in [6.07, 6.45) is 0.630. The Morgan fingerprint density at radius 1 is 1.61 bits per heavy atom. The van der Waals surface area contributed by atoms with Gasteiger partial charge in [0.1, 0.15) is 0 Å². The van der Waals surface area contributed by atoms with Crippen molar-refractivity contribution in [2.75, 3.05) is 0 Å². The van der Waals surface area contributed by atoms with Crippen LogP contribution in [0, 0.1) is 6.92 Å². The molecule has 2 heterocycles. The SMILES string of the molecule is Cc1cc(-c2nnnn2CCCC(=O)O)sc1Br. The van der Waals surface area contributed by atoms with Gasteiger partial charge in [-0.1, -0.05) is 0 Å². The lowest BCUT2D eigenvalue weighted by atomic mass is 10.3. The molecular weight excluding hydrogens is 320 g/mol. The number of hydrogen-bond donors (Lipinski definition) is 1. The van der Waals surface area contributed by atoms with Crippen LogP contribution in [-0.2, 0) is 11.3 Å². The van der Waals surface area contributed by atoms with Crippen molar-refractivity contribution in [3.05, 3.63) is 15.4 Å². The first-order chi connectivity index (χ1) is 8.58. The summed E-state index contributed by atoms with van der Waals surface area (Å²) in [5.41, 5.74) is 1.13. The van der Waals surface area contributed by atoms with Gasteiger partial charge in [0.15, 0.2) is 5.82 Å². The molecular formula is C10H11BrN4O2S. The highest BCUT2D eigenvalue weighted by atomic mass is 79.9. The quantitative estimate of drug-likeness (QED) is 0.909. The van der Waals surface area contributed by atoms with Crippen LogP contribution in [0.5, 0.6) is 0 Å². The zero-order valence-electron chi connectivity index (χ0n) is 9.63. The van der Waals surface area contributed by atoms with Crippen LogP contribution in [0.4, 0.5) is 0 Å². The molecule has 8 heteroatoms. The van der Waals surface area contributed by atoms with Crippen LogP contribution >= 0.6 is 27.3 Å². The zero-order chi connectivity index (χ0) is 13.1. The van der Waals surface area contributed by atoms with E-state index >= 15 is 0 Å². The number of carbonyl (C=O) groups is 1. The Morgan fingerprint density at radius 3 is 3.00 bits per heavy atom. The Balaban J connectivity index is 2.14. The molecule has 2 rings (SSSR count). The number of halogens is 1. The third-order valence-corrected chi connectivity index (χ3v) is 4.50. The fourth-order valence-corrected chi connectivity index (χ4v) is 3.01. The molecule has 6 nitrogen and oxygen atoms in total. The van der Waals surface area contributed by atoms with Gasteiger partial charge in [0.05, 0.1) is 8.66 Å². The second-order valence-corrected chi connectivity index (χ2v) is 6.16. The molecule has 18 heavy (non-hydrogen) atoms. The topological polar surface area (TPSA) is 80.9 Å².